The lowest BCUT2D eigenvalue weighted by molar-refractivity contribution is 0.295. The van der Waals surface area contributed by atoms with Crippen LogP contribution < -0.4 is 5.32 Å². The molecule has 27 heavy (non-hydrogen) atoms. The van der Waals surface area contributed by atoms with E-state index < -0.39 is 0 Å². The number of aliphatic imine (C=N–C) groups is 1. The van der Waals surface area contributed by atoms with Gasteiger partial charge in [-0.05, 0) is 31.8 Å². The number of nitrogens with one attached hydrogen (secondary N) is 1. The fraction of sp³-hybridized carbons (Fsp3) is 0.444. The Hall–Kier alpha value is -1.03. The lowest BCUT2D eigenvalue weighted by Crippen LogP contribution is -2.42. The Labute approximate surface area is 188 Å². The highest BCUT2D eigenvalue weighted by Crippen LogP contribution is 2.23. The first-order valence-corrected chi connectivity index (χ1v) is 9.08. The number of aryl methyl sites for hydroxylation is 1. The van der Waals surface area contributed by atoms with Gasteiger partial charge in [0.15, 0.2) is 5.96 Å². The van der Waals surface area contributed by atoms with Crippen LogP contribution in [-0.2, 0) is 13.6 Å². The number of halogens is 3. The van der Waals surface area contributed by atoms with Crippen LogP contribution in [0.3, 0.4) is 0 Å². The molecule has 0 aliphatic rings. The summed E-state index contributed by atoms with van der Waals surface area (Å²) in [5, 5.41) is 8.84. The van der Waals surface area contributed by atoms with Crippen LogP contribution in [0.2, 0.25) is 10.0 Å². The molecular weight excluding hydrogens is 498 g/mol. The van der Waals surface area contributed by atoms with E-state index in [0.29, 0.717) is 16.6 Å². The zero-order chi connectivity index (χ0) is 19.3. The Kier molecular flexibility index (Phi) is 9.86. The predicted octanol–water partition coefficient (Wildman–Crippen LogP) is 3.66. The first-order chi connectivity index (χ1) is 12.3. The second-order valence-electron chi connectivity index (χ2n) is 6.46. The quantitative estimate of drug-likeness (QED) is 0.356. The van der Waals surface area contributed by atoms with E-state index in [9.17, 15) is 0 Å². The largest absolute Gasteiger partial charge is 0.354 e. The number of hydrogen-bond donors (Lipinski definition) is 1. The highest BCUT2D eigenvalue weighted by atomic mass is 127. The van der Waals surface area contributed by atoms with Gasteiger partial charge in [0.1, 0.15) is 0 Å². The summed E-state index contributed by atoms with van der Waals surface area (Å²) in [6.45, 7) is 1.40. The number of aromatic nitrogens is 2. The topological polar surface area (TPSA) is 48.7 Å². The van der Waals surface area contributed by atoms with Gasteiger partial charge in [-0.25, -0.2) is 0 Å². The number of hydrogen-bond acceptors (Lipinski definition) is 3. The van der Waals surface area contributed by atoms with Crippen LogP contribution in [0.1, 0.15) is 17.2 Å². The fourth-order valence-electron chi connectivity index (χ4n) is 2.77. The van der Waals surface area contributed by atoms with Gasteiger partial charge < -0.3 is 15.1 Å². The highest BCUT2D eigenvalue weighted by molar-refractivity contribution is 14.0. The second kappa shape index (κ2) is 11.1. The normalized spacial score (nSPS) is 12.7. The molecule has 0 amide bonds. The summed E-state index contributed by atoms with van der Waals surface area (Å²) in [5.41, 5.74) is 2.23. The molecule has 1 atom stereocenters. The van der Waals surface area contributed by atoms with Crippen molar-refractivity contribution in [1.82, 2.24) is 24.9 Å². The van der Waals surface area contributed by atoms with Crippen LogP contribution in [0.5, 0.6) is 0 Å². The Morgan fingerprint density at radius 2 is 1.96 bits per heavy atom. The summed E-state index contributed by atoms with van der Waals surface area (Å²) >= 11 is 12.1. The fourth-order valence-corrected chi connectivity index (χ4v) is 3.09. The molecule has 0 radical (unpaired) electrons. The van der Waals surface area contributed by atoms with E-state index in [0.717, 1.165) is 23.6 Å². The van der Waals surface area contributed by atoms with E-state index in [4.69, 9.17) is 23.2 Å². The third-order valence-electron chi connectivity index (χ3n) is 4.16. The van der Waals surface area contributed by atoms with Crippen molar-refractivity contribution in [3.63, 3.8) is 0 Å². The molecule has 0 spiro atoms. The number of likely N-dealkylation sites (N-methyl/N-ethyl adjacent to an activating group) is 1. The maximum absolute atomic E-state index is 6.11. The first kappa shape index (κ1) is 24.0. The molecule has 1 aromatic carbocycles. The zero-order valence-corrected chi connectivity index (χ0v) is 20.1. The van der Waals surface area contributed by atoms with E-state index in [1.807, 2.05) is 49.4 Å². The average molecular weight is 525 g/mol. The number of rotatable bonds is 6. The molecular formula is C18H27Cl2IN6. The molecule has 9 heteroatoms. The molecule has 0 aliphatic carbocycles. The number of guanidine groups is 1. The van der Waals surface area contributed by atoms with E-state index >= 15 is 0 Å². The van der Waals surface area contributed by atoms with Crippen molar-refractivity contribution in [2.24, 2.45) is 12.0 Å². The molecule has 0 aliphatic heterocycles. The Bertz CT molecular complexity index is 762. The van der Waals surface area contributed by atoms with Crippen molar-refractivity contribution in [2.75, 3.05) is 34.7 Å². The maximum atomic E-state index is 6.11. The molecule has 6 nitrogen and oxygen atoms in total. The number of benzene rings is 1. The van der Waals surface area contributed by atoms with Crippen molar-refractivity contribution in [2.45, 2.75) is 12.6 Å². The maximum Gasteiger partial charge on any atom is 0.193 e. The minimum absolute atomic E-state index is 0. The summed E-state index contributed by atoms with van der Waals surface area (Å²) in [4.78, 5) is 8.60. The summed E-state index contributed by atoms with van der Waals surface area (Å²) in [6.07, 6.45) is 3.93. The SMILES string of the molecule is CN=C(NCC(c1cnn(C)c1)N(C)C)N(C)Cc1ccc(Cl)c(Cl)c1.I. The summed E-state index contributed by atoms with van der Waals surface area (Å²) < 4.78 is 1.82. The molecule has 2 rings (SSSR count). The molecule has 0 bridgehead atoms. The van der Waals surface area contributed by atoms with Crippen LogP contribution in [0.4, 0.5) is 0 Å². The molecule has 2 aromatic rings. The van der Waals surface area contributed by atoms with Crippen molar-refractivity contribution in [1.29, 1.82) is 0 Å². The van der Waals surface area contributed by atoms with Gasteiger partial charge in [-0.1, -0.05) is 29.3 Å². The van der Waals surface area contributed by atoms with Crippen LogP contribution in [0.15, 0.2) is 35.6 Å². The minimum atomic E-state index is 0. The average Bonchev–Trinajstić information content (AvgIpc) is 3.00. The standard InChI is InChI=1S/C18H26Cl2N6.HI/c1-21-18(25(4)11-13-6-7-15(19)16(20)8-13)22-10-17(24(2)3)14-9-23-26(5)12-14;/h6-9,12,17H,10-11H2,1-5H3,(H,21,22);1H. The van der Waals surface area contributed by atoms with Crippen LogP contribution in [0, 0.1) is 0 Å². The Balaban J connectivity index is 0.00000364. The molecule has 1 unspecified atom stereocenters. The van der Waals surface area contributed by atoms with Crippen molar-refractivity contribution in [3.05, 3.63) is 51.8 Å². The minimum Gasteiger partial charge on any atom is -0.354 e. The molecule has 1 N–H and O–H groups in total. The first-order valence-electron chi connectivity index (χ1n) is 8.32. The van der Waals surface area contributed by atoms with Crippen molar-refractivity contribution in [3.8, 4) is 0 Å². The Morgan fingerprint density at radius 1 is 1.26 bits per heavy atom. The second-order valence-corrected chi connectivity index (χ2v) is 7.27. The van der Waals surface area contributed by atoms with Gasteiger partial charge in [-0.15, -0.1) is 24.0 Å². The molecule has 0 saturated carbocycles. The van der Waals surface area contributed by atoms with E-state index in [-0.39, 0.29) is 30.0 Å². The van der Waals surface area contributed by atoms with Crippen LogP contribution in [-0.4, -0.2) is 60.3 Å². The van der Waals surface area contributed by atoms with Gasteiger partial charge in [0.05, 0.1) is 22.3 Å². The van der Waals surface area contributed by atoms with Gasteiger partial charge in [0.25, 0.3) is 0 Å². The predicted molar refractivity (Wildman–Crippen MR) is 124 cm³/mol. The summed E-state index contributed by atoms with van der Waals surface area (Å²) in [7, 11) is 9.81. The van der Waals surface area contributed by atoms with E-state index in [1.165, 1.54) is 0 Å². The van der Waals surface area contributed by atoms with Crippen LogP contribution in [0.25, 0.3) is 0 Å². The molecule has 150 valence electrons. The lowest BCUT2D eigenvalue weighted by atomic mass is 10.1. The molecule has 0 saturated heterocycles. The smallest absolute Gasteiger partial charge is 0.193 e. The van der Waals surface area contributed by atoms with Gasteiger partial charge in [-0.2, -0.15) is 5.10 Å². The zero-order valence-electron chi connectivity index (χ0n) is 16.3. The van der Waals surface area contributed by atoms with Crippen molar-refractivity contribution < 1.29 is 0 Å². The summed E-state index contributed by atoms with van der Waals surface area (Å²) in [6, 6.07) is 5.86. The number of nitrogens with zero attached hydrogens (tertiary/aromatic N) is 5. The molecule has 0 fully saturated rings. The highest BCUT2D eigenvalue weighted by Gasteiger charge is 2.17. The monoisotopic (exact) mass is 524 g/mol. The lowest BCUT2D eigenvalue weighted by Gasteiger charge is -2.27. The van der Waals surface area contributed by atoms with Gasteiger partial charge >= 0.3 is 0 Å². The van der Waals surface area contributed by atoms with Crippen molar-refractivity contribution >= 4 is 53.1 Å². The van der Waals surface area contributed by atoms with Gasteiger partial charge in [0, 0.05) is 46.0 Å². The van der Waals surface area contributed by atoms with Gasteiger partial charge in [0.2, 0.25) is 0 Å². The third kappa shape index (κ3) is 6.81. The summed E-state index contributed by atoms with van der Waals surface area (Å²) in [5.74, 6) is 0.812. The van der Waals surface area contributed by atoms with Gasteiger partial charge in [-0.3, -0.25) is 9.67 Å². The van der Waals surface area contributed by atoms with Crippen LogP contribution >= 0.6 is 47.2 Å². The molecule has 1 aromatic heterocycles. The van der Waals surface area contributed by atoms with E-state index in [1.54, 1.807) is 7.05 Å². The molecule has 1 heterocycles. The Morgan fingerprint density at radius 3 is 2.48 bits per heavy atom. The van der Waals surface area contributed by atoms with E-state index in [2.05, 4.69) is 39.3 Å². The third-order valence-corrected chi connectivity index (χ3v) is 4.90.